The second-order valence-electron chi connectivity index (χ2n) is 5.86. The van der Waals surface area contributed by atoms with Crippen LogP contribution in [0, 0.1) is 0 Å². The lowest BCUT2D eigenvalue weighted by atomic mass is 10.2. The molecule has 3 aromatic rings. The summed E-state index contributed by atoms with van der Waals surface area (Å²) in [4.78, 5) is 20.5. The molecule has 1 aromatic carbocycles. The van der Waals surface area contributed by atoms with E-state index in [2.05, 4.69) is 20.4 Å². The number of benzene rings is 1. The van der Waals surface area contributed by atoms with Crippen molar-refractivity contribution >= 4 is 5.91 Å². The van der Waals surface area contributed by atoms with Gasteiger partial charge in [0.15, 0.2) is 11.5 Å². The molecule has 0 spiro atoms. The van der Waals surface area contributed by atoms with Gasteiger partial charge in [0.1, 0.15) is 5.69 Å². The first-order valence-corrected chi connectivity index (χ1v) is 9.25. The van der Waals surface area contributed by atoms with Crippen molar-refractivity contribution < 1.29 is 23.9 Å². The van der Waals surface area contributed by atoms with Gasteiger partial charge >= 0.3 is 0 Å². The van der Waals surface area contributed by atoms with Crippen molar-refractivity contribution in [3.63, 3.8) is 0 Å². The van der Waals surface area contributed by atoms with Crippen molar-refractivity contribution in [1.82, 2.24) is 20.4 Å². The second kappa shape index (κ2) is 9.65. The molecule has 0 radical (unpaired) electrons. The summed E-state index contributed by atoms with van der Waals surface area (Å²) >= 11 is 0. The monoisotopic (exact) mass is 398 g/mol. The Balaban J connectivity index is 1.86. The van der Waals surface area contributed by atoms with Crippen LogP contribution in [0.1, 0.15) is 24.3 Å². The maximum atomic E-state index is 12.0. The standard InChI is InChI=1S/C20H22N4O5/c1-3-27-16-6-5-14(12-17(16)28-4-2)20-23-18(24-29-20)13-7-8-21-15(11-13)19(26)22-9-10-25/h5-8,11-12,25H,3-4,9-10H2,1-2H3,(H,22,26). The van der Waals surface area contributed by atoms with Crippen LogP contribution in [-0.2, 0) is 0 Å². The van der Waals surface area contributed by atoms with Crippen LogP contribution in [0.5, 0.6) is 11.5 Å². The molecule has 0 aliphatic heterocycles. The van der Waals surface area contributed by atoms with Crippen LogP contribution >= 0.6 is 0 Å². The van der Waals surface area contributed by atoms with Crippen LogP contribution in [0.3, 0.4) is 0 Å². The Kier molecular flexibility index (Phi) is 6.75. The van der Waals surface area contributed by atoms with Gasteiger partial charge in [-0.2, -0.15) is 4.98 Å². The fourth-order valence-corrected chi connectivity index (χ4v) is 2.60. The zero-order valence-corrected chi connectivity index (χ0v) is 16.2. The molecule has 2 heterocycles. The topological polar surface area (TPSA) is 120 Å². The molecule has 1 amide bonds. The van der Waals surface area contributed by atoms with Crippen molar-refractivity contribution in [2.45, 2.75) is 13.8 Å². The normalized spacial score (nSPS) is 10.6. The van der Waals surface area contributed by atoms with E-state index in [1.165, 1.54) is 6.20 Å². The van der Waals surface area contributed by atoms with Crippen molar-refractivity contribution in [3.8, 4) is 34.3 Å². The van der Waals surface area contributed by atoms with Gasteiger partial charge in [-0.1, -0.05) is 5.16 Å². The lowest BCUT2D eigenvalue weighted by Gasteiger charge is -2.11. The zero-order chi connectivity index (χ0) is 20.6. The number of nitrogens with one attached hydrogen (secondary N) is 1. The summed E-state index contributed by atoms with van der Waals surface area (Å²) in [5, 5.41) is 15.4. The number of nitrogens with zero attached hydrogens (tertiary/aromatic N) is 3. The maximum Gasteiger partial charge on any atom is 0.269 e. The molecular formula is C20H22N4O5. The summed E-state index contributed by atoms with van der Waals surface area (Å²) in [7, 11) is 0. The number of hydrogen-bond donors (Lipinski definition) is 2. The SMILES string of the molecule is CCOc1ccc(-c2nc(-c3ccnc(C(=O)NCCO)c3)no2)cc1OCC. The van der Waals surface area contributed by atoms with Crippen molar-refractivity contribution in [2.75, 3.05) is 26.4 Å². The van der Waals surface area contributed by atoms with Crippen LogP contribution in [0.15, 0.2) is 41.1 Å². The third-order valence-electron chi connectivity index (χ3n) is 3.86. The molecule has 0 bridgehead atoms. The molecule has 0 aliphatic carbocycles. The molecule has 9 nitrogen and oxygen atoms in total. The number of aliphatic hydroxyl groups is 1. The third kappa shape index (κ3) is 4.88. The van der Waals surface area contributed by atoms with E-state index in [1.54, 1.807) is 24.3 Å². The molecule has 0 aliphatic rings. The highest BCUT2D eigenvalue weighted by Gasteiger charge is 2.15. The molecule has 9 heteroatoms. The number of carbonyl (C=O) groups is 1. The van der Waals surface area contributed by atoms with Gasteiger partial charge in [0, 0.05) is 23.9 Å². The highest BCUT2D eigenvalue weighted by Crippen LogP contribution is 2.33. The Morgan fingerprint density at radius 1 is 1.10 bits per heavy atom. The maximum absolute atomic E-state index is 12.0. The highest BCUT2D eigenvalue weighted by molar-refractivity contribution is 5.93. The van der Waals surface area contributed by atoms with Gasteiger partial charge in [0.05, 0.1) is 19.8 Å². The van der Waals surface area contributed by atoms with E-state index in [0.29, 0.717) is 47.6 Å². The Bertz CT molecular complexity index is 973. The average Bonchev–Trinajstić information content (AvgIpc) is 3.24. The minimum atomic E-state index is -0.391. The summed E-state index contributed by atoms with van der Waals surface area (Å²) in [5.41, 5.74) is 1.47. The number of pyridine rings is 1. The van der Waals surface area contributed by atoms with Gasteiger partial charge in [-0.25, -0.2) is 0 Å². The van der Waals surface area contributed by atoms with Gasteiger partial charge < -0.3 is 24.4 Å². The highest BCUT2D eigenvalue weighted by atomic mass is 16.5. The summed E-state index contributed by atoms with van der Waals surface area (Å²) in [6, 6.07) is 8.63. The fraction of sp³-hybridized carbons (Fsp3) is 0.300. The Morgan fingerprint density at radius 2 is 1.90 bits per heavy atom. The molecule has 2 aromatic heterocycles. The van der Waals surface area contributed by atoms with Gasteiger partial charge in [-0.3, -0.25) is 9.78 Å². The molecular weight excluding hydrogens is 376 g/mol. The molecule has 2 N–H and O–H groups in total. The molecule has 0 saturated heterocycles. The van der Waals surface area contributed by atoms with Crippen LogP contribution < -0.4 is 14.8 Å². The van der Waals surface area contributed by atoms with Crippen molar-refractivity contribution in [2.24, 2.45) is 0 Å². The van der Waals surface area contributed by atoms with Gasteiger partial charge in [0.2, 0.25) is 5.82 Å². The quantitative estimate of drug-likeness (QED) is 0.563. The van der Waals surface area contributed by atoms with Gasteiger partial charge in [-0.05, 0) is 44.2 Å². The fourth-order valence-electron chi connectivity index (χ4n) is 2.60. The Hall–Kier alpha value is -3.46. The van der Waals surface area contributed by atoms with E-state index in [4.69, 9.17) is 19.1 Å². The van der Waals surface area contributed by atoms with E-state index >= 15 is 0 Å². The summed E-state index contributed by atoms with van der Waals surface area (Å²) < 4.78 is 16.6. The predicted octanol–water partition coefficient (Wildman–Crippen LogP) is 2.32. The molecule has 0 atom stereocenters. The van der Waals surface area contributed by atoms with Crippen molar-refractivity contribution in [3.05, 3.63) is 42.2 Å². The van der Waals surface area contributed by atoms with Crippen LogP contribution in [0.2, 0.25) is 0 Å². The molecule has 0 saturated carbocycles. The van der Waals surface area contributed by atoms with E-state index < -0.39 is 5.91 Å². The second-order valence-corrected chi connectivity index (χ2v) is 5.86. The van der Waals surface area contributed by atoms with Gasteiger partial charge in [0.25, 0.3) is 11.8 Å². The van der Waals surface area contributed by atoms with Crippen molar-refractivity contribution in [1.29, 1.82) is 0 Å². The summed E-state index contributed by atoms with van der Waals surface area (Å²) in [6.45, 7) is 4.82. The van der Waals surface area contributed by atoms with E-state index in [1.807, 2.05) is 19.9 Å². The smallest absolute Gasteiger partial charge is 0.269 e. The first-order chi connectivity index (χ1) is 14.2. The van der Waals surface area contributed by atoms with Crippen LogP contribution in [0.25, 0.3) is 22.8 Å². The molecule has 3 rings (SSSR count). The number of aromatic nitrogens is 3. The number of rotatable bonds is 9. The molecule has 152 valence electrons. The molecule has 29 heavy (non-hydrogen) atoms. The average molecular weight is 398 g/mol. The summed E-state index contributed by atoms with van der Waals surface area (Å²) in [6.07, 6.45) is 1.49. The number of carbonyl (C=O) groups excluding carboxylic acids is 1. The minimum Gasteiger partial charge on any atom is -0.490 e. The molecule has 0 fully saturated rings. The number of ether oxygens (including phenoxy) is 2. The van der Waals surface area contributed by atoms with Gasteiger partial charge in [-0.15, -0.1) is 0 Å². The van der Waals surface area contributed by atoms with Crippen LogP contribution in [-0.4, -0.2) is 52.5 Å². The van der Waals surface area contributed by atoms with E-state index in [0.717, 1.165) is 0 Å². The van der Waals surface area contributed by atoms with E-state index in [9.17, 15) is 4.79 Å². The lowest BCUT2D eigenvalue weighted by molar-refractivity contribution is 0.0940. The third-order valence-corrected chi connectivity index (χ3v) is 3.86. The number of amides is 1. The van der Waals surface area contributed by atoms with E-state index in [-0.39, 0.29) is 18.8 Å². The Labute approximate surface area is 167 Å². The molecule has 0 unspecified atom stereocenters. The number of hydrogen-bond acceptors (Lipinski definition) is 8. The zero-order valence-electron chi connectivity index (χ0n) is 16.2. The summed E-state index contributed by atoms with van der Waals surface area (Å²) in [5.74, 6) is 1.49. The lowest BCUT2D eigenvalue weighted by Crippen LogP contribution is -2.27. The largest absolute Gasteiger partial charge is 0.490 e. The minimum absolute atomic E-state index is 0.147. The van der Waals surface area contributed by atoms with Crippen LogP contribution in [0.4, 0.5) is 0 Å². The number of aliphatic hydroxyl groups excluding tert-OH is 1. The first kappa shape index (κ1) is 20.3. The predicted molar refractivity (Wildman–Crippen MR) is 105 cm³/mol. The first-order valence-electron chi connectivity index (χ1n) is 9.25. The Morgan fingerprint density at radius 3 is 2.66 bits per heavy atom.